The third-order valence-corrected chi connectivity index (χ3v) is 6.54. The standard InChI is InChI=1S/C26H27N3O3/c30-25(27-13-12-19-7-2-1-3-8-19)21-17-20-9-4-5-10-22(20)29-15-14-28(18-23(21)29)26(31)24-11-6-16-32-24/h1-11,16,21,23H,12-15,17-18H2,(H,27,30). The zero-order chi connectivity index (χ0) is 21.9. The first kappa shape index (κ1) is 20.4. The summed E-state index contributed by atoms with van der Waals surface area (Å²) in [5.41, 5.74) is 3.57. The molecule has 1 aromatic heterocycles. The van der Waals surface area contributed by atoms with Crippen LogP contribution in [0, 0.1) is 5.92 Å². The minimum absolute atomic E-state index is 0.0535. The predicted molar refractivity (Wildman–Crippen MR) is 123 cm³/mol. The first-order valence-corrected chi connectivity index (χ1v) is 11.2. The van der Waals surface area contributed by atoms with Crippen molar-refractivity contribution in [1.29, 1.82) is 0 Å². The lowest BCUT2D eigenvalue weighted by Gasteiger charge is -2.48. The van der Waals surface area contributed by atoms with Gasteiger partial charge in [0.25, 0.3) is 5.91 Å². The molecule has 2 amide bonds. The van der Waals surface area contributed by atoms with E-state index in [9.17, 15) is 9.59 Å². The summed E-state index contributed by atoms with van der Waals surface area (Å²) >= 11 is 0. The molecule has 2 aliphatic rings. The fraction of sp³-hybridized carbons (Fsp3) is 0.308. The lowest BCUT2D eigenvalue weighted by molar-refractivity contribution is -0.126. The van der Waals surface area contributed by atoms with Crippen LogP contribution in [0.15, 0.2) is 77.4 Å². The van der Waals surface area contributed by atoms with Gasteiger partial charge in [0.05, 0.1) is 18.2 Å². The van der Waals surface area contributed by atoms with Gasteiger partial charge in [0, 0.05) is 31.9 Å². The number of piperazine rings is 1. The SMILES string of the molecule is O=C(NCCc1ccccc1)C1Cc2ccccc2N2CCN(C(=O)c3ccco3)CC12. The van der Waals surface area contributed by atoms with Crippen molar-refractivity contribution in [3.63, 3.8) is 0 Å². The van der Waals surface area contributed by atoms with E-state index in [4.69, 9.17) is 4.42 Å². The third kappa shape index (κ3) is 4.00. The number of rotatable bonds is 5. The molecule has 32 heavy (non-hydrogen) atoms. The molecule has 6 heteroatoms. The van der Waals surface area contributed by atoms with Crippen molar-refractivity contribution in [3.05, 3.63) is 89.9 Å². The fourth-order valence-corrected chi connectivity index (χ4v) is 4.90. The molecule has 6 nitrogen and oxygen atoms in total. The molecule has 0 spiro atoms. The topological polar surface area (TPSA) is 65.8 Å². The average molecular weight is 430 g/mol. The van der Waals surface area contributed by atoms with Gasteiger partial charge in [0.15, 0.2) is 5.76 Å². The zero-order valence-electron chi connectivity index (χ0n) is 17.9. The Bertz CT molecular complexity index is 1080. The lowest BCUT2D eigenvalue weighted by Crippen LogP contribution is -2.62. The van der Waals surface area contributed by atoms with Crippen molar-refractivity contribution in [2.45, 2.75) is 18.9 Å². The van der Waals surface area contributed by atoms with Gasteiger partial charge in [0.2, 0.25) is 5.91 Å². The second-order valence-electron chi connectivity index (χ2n) is 8.46. The largest absolute Gasteiger partial charge is 0.459 e. The Morgan fingerprint density at radius 3 is 2.59 bits per heavy atom. The summed E-state index contributed by atoms with van der Waals surface area (Å²) in [4.78, 5) is 30.3. The van der Waals surface area contributed by atoms with Gasteiger partial charge in [-0.3, -0.25) is 9.59 Å². The van der Waals surface area contributed by atoms with Crippen LogP contribution in [0.2, 0.25) is 0 Å². The van der Waals surface area contributed by atoms with Crippen molar-refractivity contribution >= 4 is 17.5 Å². The Labute approximate surface area is 187 Å². The van der Waals surface area contributed by atoms with E-state index in [0.29, 0.717) is 38.4 Å². The molecule has 0 aliphatic carbocycles. The molecule has 2 aliphatic heterocycles. The molecule has 164 valence electrons. The quantitative estimate of drug-likeness (QED) is 0.677. The number of anilines is 1. The summed E-state index contributed by atoms with van der Waals surface area (Å²) in [5.74, 6) is 0.0703. The maximum absolute atomic E-state index is 13.3. The maximum Gasteiger partial charge on any atom is 0.289 e. The molecule has 2 unspecified atom stereocenters. The summed E-state index contributed by atoms with van der Waals surface area (Å²) in [5, 5.41) is 3.15. The highest BCUT2D eigenvalue weighted by Crippen LogP contribution is 2.36. The molecule has 1 saturated heterocycles. The monoisotopic (exact) mass is 429 g/mol. The van der Waals surface area contributed by atoms with E-state index in [0.717, 1.165) is 6.42 Å². The molecule has 0 radical (unpaired) electrons. The van der Waals surface area contributed by atoms with Crippen molar-refractivity contribution in [2.24, 2.45) is 5.92 Å². The van der Waals surface area contributed by atoms with E-state index < -0.39 is 0 Å². The Balaban J connectivity index is 1.33. The van der Waals surface area contributed by atoms with Crippen LogP contribution in [-0.4, -0.2) is 48.9 Å². The Hall–Kier alpha value is -3.54. The van der Waals surface area contributed by atoms with Gasteiger partial charge in [-0.15, -0.1) is 0 Å². The molecule has 1 fully saturated rings. The summed E-state index contributed by atoms with van der Waals surface area (Å²) in [6.45, 7) is 2.40. The van der Waals surface area contributed by atoms with E-state index >= 15 is 0 Å². The van der Waals surface area contributed by atoms with Gasteiger partial charge in [-0.25, -0.2) is 0 Å². The lowest BCUT2D eigenvalue weighted by atomic mass is 9.83. The number of furan rings is 1. The summed E-state index contributed by atoms with van der Waals surface area (Å²) < 4.78 is 5.33. The molecule has 3 heterocycles. The maximum atomic E-state index is 13.3. The van der Waals surface area contributed by atoms with Gasteiger partial charge in [0.1, 0.15) is 0 Å². The minimum Gasteiger partial charge on any atom is -0.459 e. The average Bonchev–Trinajstić information content (AvgIpc) is 3.38. The number of carbonyl (C=O) groups is 2. The second kappa shape index (κ2) is 8.91. The number of amides is 2. The first-order valence-electron chi connectivity index (χ1n) is 11.2. The summed E-state index contributed by atoms with van der Waals surface area (Å²) in [6.07, 6.45) is 2.99. The van der Waals surface area contributed by atoms with Crippen molar-refractivity contribution in [2.75, 3.05) is 31.1 Å². The minimum atomic E-state index is -0.215. The normalized spacial score (nSPS) is 19.8. The van der Waals surface area contributed by atoms with Crippen LogP contribution in [0.1, 0.15) is 21.7 Å². The van der Waals surface area contributed by atoms with Crippen molar-refractivity contribution < 1.29 is 14.0 Å². The first-order chi connectivity index (χ1) is 15.7. The second-order valence-corrected chi connectivity index (χ2v) is 8.46. The van der Waals surface area contributed by atoms with Crippen LogP contribution >= 0.6 is 0 Å². The number of benzene rings is 2. The molecular formula is C26H27N3O3. The predicted octanol–water partition coefficient (Wildman–Crippen LogP) is 3.14. The van der Waals surface area contributed by atoms with Gasteiger partial charge in [-0.1, -0.05) is 48.5 Å². The van der Waals surface area contributed by atoms with Crippen LogP contribution in [0.5, 0.6) is 0 Å². The summed E-state index contributed by atoms with van der Waals surface area (Å²) in [7, 11) is 0. The Kier molecular flexibility index (Phi) is 5.67. The number of hydrogen-bond acceptors (Lipinski definition) is 4. The number of carbonyl (C=O) groups excluding carboxylic acids is 2. The van der Waals surface area contributed by atoms with Crippen LogP contribution in [0.4, 0.5) is 5.69 Å². The molecule has 5 rings (SSSR count). The highest BCUT2D eigenvalue weighted by atomic mass is 16.3. The highest BCUT2D eigenvalue weighted by Gasteiger charge is 2.42. The van der Waals surface area contributed by atoms with Gasteiger partial charge < -0.3 is 19.5 Å². The molecule has 0 saturated carbocycles. The highest BCUT2D eigenvalue weighted by molar-refractivity contribution is 5.92. The molecule has 3 aromatic rings. The molecule has 1 N–H and O–H groups in total. The number of hydrogen-bond donors (Lipinski definition) is 1. The smallest absolute Gasteiger partial charge is 0.289 e. The van der Waals surface area contributed by atoms with Gasteiger partial charge in [-0.2, -0.15) is 0 Å². The number of fused-ring (bicyclic) bond motifs is 3. The van der Waals surface area contributed by atoms with E-state index in [1.807, 2.05) is 35.2 Å². The van der Waals surface area contributed by atoms with Crippen molar-refractivity contribution in [3.8, 4) is 0 Å². The Morgan fingerprint density at radius 1 is 0.969 bits per heavy atom. The van der Waals surface area contributed by atoms with Crippen LogP contribution in [0.3, 0.4) is 0 Å². The van der Waals surface area contributed by atoms with Crippen LogP contribution in [0.25, 0.3) is 0 Å². The molecular weight excluding hydrogens is 402 g/mol. The van der Waals surface area contributed by atoms with Gasteiger partial charge >= 0.3 is 0 Å². The van der Waals surface area contributed by atoms with Gasteiger partial charge in [-0.05, 0) is 42.2 Å². The summed E-state index contributed by atoms with van der Waals surface area (Å²) in [6, 6.07) is 21.8. The zero-order valence-corrected chi connectivity index (χ0v) is 17.9. The number of nitrogens with one attached hydrogen (secondary N) is 1. The fourth-order valence-electron chi connectivity index (χ4n) is 4.90. The third-order valence-electron chi connectivity index (χ3n) is 6.54. The van der Waals surface area contributed by atoms with E-state index in [2.05, 4.69) is 34.5 Å². The molecule has 2 atom stereocenters. The van der Waals surface area contributed by atoms with Crippen LogP contribution in [-0.2, 0) is 17.6 Å². The van der Waals surface area contributed by atoms with E-state index in [1.54, 1.807) is 12.1 Å². The Morgan fingerprint density at radius 2 is 1.78 bits per heavy atom. The van der Waals surface area contributed by atoms with Crippen molar-refractivity contribution in [1.82, 2.24) is 10.2 Å². The molecule has 0 bridgehead atoms. The number of para-hydroxylation sites is 1. The van der Waals surface area contributed by atoms with E-state index in [1.165, 1.54) is 23.1 Å². The number of nitrogens with zero attached hydrogens (tertiary/aromatic N) is 2. The molecule has 2 aromatic carbocycles. The van der Waals surface area contributed by atoms with E-state index in [-0.39, 0.29) is 23.8 Å². The van der Waals surface area contributed by atoms with Crippen LogP contribution < -0.4 is 10.2 Å².